The number of nitrogens with two attached hydrogens (primary N) is 1. The summed E-state index contributed by atoms with van der Waals surface area (Å²) in [6, 6.07) is 9.89. The summed E-state index contributed by atoms with van der Waals surface area (Å²) in [7, 11) is -3.75. The zero-order chi connectivity index (χ0) is 14.0. The van der Waals surface area contributed by atoms with Crippen molar-refractivity contribution >= 4 is 27.1 Å². The number of hydrogen-bond acceptors (Lipinski definition) is 3. The molecule has 0 unspecified atom stereocenters. The van der Waals surface area contributed by atoms with Crippen molar-refractivity contribution < 1.29 is 12.8 Å². The first-order valence-electron chi connectivity index (χ1n) is 5.41. The lowest BCUT2D eigenvalue weighted by atomic mass is 10.2. The van der Waals surface area contributed by atoms with E-state index < -0.39 is 15.7 Å². The van der Waals surface area contributed by atoms with E-state index in [2.05, 4.69) is 0 Å². The molecule has 2 aromatic carbocycles. The van der Waals surface area contributed by atoms with Gasteiger partial charge in [0.15, 0.2) is 9.84 Å². The molecule has 19 heavy (non-hydrogen) atoms. The van der Waals surface area contributed by atoms with E-state index in [1.807, 2.05) is 0 Å². The van der Waals surface area contributed by atoms with Gasteiger partial charge in [-0.15, -0.1) is 0 Å². The van der Waals surface area contributed by atoms with Crippen molar-refractivity contribution in [2.75, 3.05) is 5.73 Å². The lowest BCUT2D eigenvalue weighted by molar-refractivity contribution is 0.567. The number of benzene rings is 2. The molecule has 0 heterocycles. The number of hydrogen-bond donors (Lipinski definition) is 1. The molecular weight excluding hydrogens is 289 g/mol. The second-order valence-corrected chi connectivity index (χ2v) is 6.47. The molecule has 100 valence electrons. The van der Waals surface area contributed by atoms with Gasteiger partial charge in [0.05, 0.1) is 5.75 Å². The number of nitrogen functional groups attached to an aromatic ring is 1. The average Bonchev–Trinajstić information content (AvgIpc) is 2.31. The maximum Gasteiger partial charge on any atom is 0.185 e. The van der Waals surface area contributed by atoms with Crippen LogP contribution in [0.4, 0.5) is 10.1 Å². The van der Waals surface area contributed by atoms with E-state index in [9.17, 15) is 12.8 Å². The van der Waals surface area contributed by atoms with Crippen LogP contribution in [-0.2, 0) is 15.6 Å². The lowest BCUT2D eigenvalue weighted by Gasteiger charge is -2.06. The third-order valence-electron chi connectivity index (χ3n) is 2.56. The summed E-state index contributed by atoms with van der Waals surface area (Å²) in [6.45, 7) is 0. The SMILES string of the molecule is Nc1ccc(S(=O)(=O)Cc2ccc(Cl)cc2)c(F)c1. The van der Waals surface area contributed by atoms with Crippen LogP contribution in [0.1, 0.15) is 5.56 Å². The maximum atomic E-state index is 13.6. The number of halogens is 2. The molecule has 0 aliphatic heterocycles. The molecule has 0 fully saturated rings. The largest absolute Gasteiger partial charge is 0.399 e. The highest BCUT2D eigenvalue weighted by atomic mass is 35.5. The Morgan fingerprint density at radius 2 is 1.74 bits per heavy atom. The number of anilines is 1. The molecule has 0 aliphatic carbocycles. The van der Waals surface area contributed by atoms with Gasteiger partial charge in [0.25, 0.3) is 0 Å². The zero-order valence-corrected chi connectivity index (χ0v) is 11.4. The first kappa shape index (κ1) is 13.8. The Balaban J connectivity index is 2.35. The summed E-state index contributed by atoms with van der Waals surface area (Å²) >= 11 is 5.72. The third kappa shape index (κ3) is 3.24. The average molecular weight is 300 g/mol. The topological polar surface area (TPSA) is 60.2 Å². The highest BCUT2D eigenvalue weighted by Gasteiger charge is 2.19. The summed E-state index contributed by atoms with van der Waals surface area (Å²) in [5.74, 6) is -1.13. The molecule has 6 heteroatoms. The standard InChI is InChI=1S/C13H11ClFNO2S/c14-10-3-1-9(2-4-10)8-19(17,18)13-6-5-11(16)7-12(13)15/h1-7H,8,16H2. The van der Waals surface area contributed by atoms with Gasteiger partial charge < -0.3 is 5.73 Å². The molecular formula is C13H11ClFNO2S. The van der Waals surface area contributed by atoms with Crippen LogP contribution in [0.15, 0.2) is 47.4 Å². The molecule has 0 radical (unpaired) electrons. The first-order chi connectivity index (χ1) is 8.88. The van der Waals surface area contributed by atoms with E-state index in [-0.39, 0.29) is 16.3 Å². The summed E-state index contributed by atoms with van der Waals surface area (Å²) in [5.41, 5.74) is 6.12. The van der Waals surface area contributed by atoms with Crippen LogP contribution < -0.4 is 5.73 Å². The second kappa shape index (κ2) is 5.19. The van der Waals surface area contributed by atoms with Gasteiger partial charge in [-0.25, -0.2) is 12.8 Å². The highest BCUT2D eigenvalue weighted by Crippen LogP contribution is 2.22. The fourth-order valence-corrected chi connectivity index (χ4v) is 3.19. The summed E-state index contributed by atoms with van der Waals surface area (Å²) in [4.78, 5) is -0.350. The number of sulfone groups is 1. The predicted molar refractivity (Wildman–Crippen MR) is 73.2 cm³/mol. The molecule has 2 rings (SSSR count). The zero-order valence-electron chi connectivity index (χ0n) is 9.81. The molecule has 0 bridgehead atoms. The fourth-order valence-electron chi connectivity index (χ4n) is 1.65. The van der Waals surface area contributed by atoms with E-state index >= 15 is 0 Å². The van der Waals surface area contributed by atoms with Crippen LogP contribution in [0, 0.1) is 5.82 Å². The van der Waals surface area contributed by atoms with Crippen LogP contribution in [0.25, 0.3) is 0 Å². The monoisotopic (exact) mass is 299 g/mol. The van der Waals surface area contributed by atoms with Gasteiger partial charge in [0.2, 0.25) is 0 Å². The van der Waals surface area contributed by atoms with Crippen LogP contribution in [0.5, 0.6) is 0 Å². The van der Waals surface area contributed by atoms with Crippen molar-refractivity contribution in [1.82, 2.24) is 0 Å². The molecule has 0 spiro atoms. The molecule has 3 nitrogen and oxygen atoms in total. The van der Waals surface area contributed by atoms with Crippen LogP contribution >= 0.6 is 11.6 Å². The number of rotatable bonds is 3. The summed E-state index contributed by atoms with van der Waals surface area (Å²) < 4.78 is 37.8. The second-order valence-electron chi connectivity index (χ2n) is 4.08. The Hall–Kier alpha value is -1.59. The van der Waals surface area contributed by atoms with Gasteiger partial charge in [-0.1, -0.05) is 23.7 Å². The Morgan fingerprint density at radius 1 is 1.11 bits per heavy atom. The molecule has 2 N–H and O–H groups in total. The van der Waals surface area contributed by atoms with Crippen molar-refractivity contribution in [3.05, 3.63) is 58.9 Å². The Bertz CT molecular complexity index is 699. The molecule has 0 aromatic heterocycles. The molecule has 0 aliphatic rings. The minimum absolute atomic E-state index is 0.183. The quantitative estimate of drug-likeness (QED) is 0.886. The Kier molecular flexibility index (Phi) is 3.78. The van der Waals surface area contributed by atoms with E-state index in [1.165, 1.54) is 12.1 Å². The maximum absolute atomic E-state index is 13.6. The predicted octanol–water partition coefficient (Wildman–Crippen LogP) is 3.04. The van der Waals surface area contributed by atoms with Crippen LogP contribution in [0.3, 0.4) is 0 Å². The van der Waals surface area contributed by atoms with Gasteiger partial charge in [-0.05, 0) is 35.9 Å². The summed E-state index contributed by atoms with van der Waals surface area (Å²) in [6.07, 6.45) is 0. The minimum Gasteiger partial charge on any atom is -0.399 e. The third-order valence-corrected chi connectivity index (χ3v) is 4.53. The lowest BCUT2D eigenvalue weighted by Crippen LogP contribution is -2.07. The summed E-state index contributed by atoms with van der Waals surface area (Å²) in [5, 5.41) is 0.514. The Morgan fingerprint density at radius 3 is 2.32 bits per heavy atom. The van der Waals surface area contributed by atoms with Gasteiger partial charge in [0.1, 0.15) is 10.7 Å². The van der Waals surface area contributed by atoms with E-state index in [0.717, 1.165) is 6.07 Å². The van der Waals surface area contributed by atoms with Gasteiger partial charge >= 0.3 is 0 Å². The van der Waals surface area contributed by atoms with Crippen molar-refractivity contribution in [2.45, 2.75) is 10.6 Å². The van der Waals surface area contributed by atoms with Crippen molar-refractivity contribution in [3.8, 4) is 0 Å². The van der Waals surface area contributed by atoms with E-state index in [4.69, 9.17) is 17.3 Å². The molecule has 0 atom stereocenters. The van der Waals surface area contributed by atoms with Crippen LogP contribution in [0.2, 0.25) is 5.02 Å². The van der Waals surface area contributed by atoms with Crippen LogP contribution in [-0.4, -0.2) is 8.42 Å². The van der Waals surface area contributed by atoms with Gasteiger partial charge in [0, 0.05) is 10.7 Å². The van der Waals surface area contributed by atoms with E-state index in [1.54, 1.807) is 24.3 Å². The smallest absolute Gasteiger partial charge is 0.185 e. The van der Waals surface area contributed by atoms with Crippen molar-refractivity contribution in [3.63, 3.8) is 0 Å². The van der Waals surface area contributed by atoms with Crippen molar-refractivity contribution in [1.29, 1.82) is 0 Å². The molecule has 0 amide bonds. The van der Waals surface area contributed by atoms with Gasteiger partial charge in [-0.3, -0.25) is 0 Å². The van der Waals surface area contributed by atoms with Crippen molar-refractivity contribution in [2.24, 2.45) is 0 Å². The normalized spacial score (nSPS) is 11.5. The first-order valence-corrected chi connectivity index (χ1v) is 7.44. The fraction of sp³-hybridized carbons (Fsp3) is 0.0769. The highest BCUT2D eigenvalue weighted by molar-refractivity contribution is 7.90. The molecule has 0 saturated heterocycles. The molecule has 0 saturated carbocycles. The molecule has 2 aromatic rings. The van der Waals surface area contributed by atoms with E-state index in [0.29, 0.717) is 10.6 Å². The van der Waals surface area contributed by atoms with Gasteiger partial charge in [-0.2, -0.15) is 0 Å². The Labute approximate surface area is 115 Å². The minimum atomic E-state index is -3.75.